The van der Waals surface area contributed by atoms with Crippen LogP contribution in [0.15, 0.2) is 30.3 Å². The van der Waals surface area contributed by atoms with Crippen molar-refractivity contribution < 1.29 is 9.59 Å². The van der Waals surface area contributed by atoms with E-state index in [9.17, 15) is 9.59 Å². The van der Waals surface area contributed by atoms with Gasteiger partial charge in [-0.1, -0.05) is 29.8 Å². The smallest absolute Gasteiger partial charge is 0.254 e. The van der Waals surface area contributed by atoms with Gasteiger partial charge in [0, 0.05) is 18.0 Å². The van der Waals surface area contributed by atoms with Crippen LogP contribution in [0, 0.1) is 6.92 Å². The van der Waals surface area contributed by atoms with Gasteiger partial charge in [-0.25, -0.2) is 0 Å². The van der Waals surface area contributed by atoms with Gasteiger partial charge in [-0.05, 0) is 49.8 Å². The fourth-order valence-corrected chi connectivity index (χ4v) is 4.31. The molecule has 1 aromatic heterocycles. The maximum absolute atomic E-state index is 12.3. The van der Waals surface area contributed by atoms with Crippen molar-refractivity contribution in [2.24, 2.45) is 0 Å². The fraction of sp³-hybridized carbons (Fsp3) is 0.300. The minimum atomic E-state index is -0.218. The van der Waals surface area contributed by atoms with Gasteiger partial charge in [0.1, 0.15) is 5.00 Å². The van der Waals surface area contributed by atoms with Gasteiger partial charge in [-0.3, -0.25) is 9.59 Å². The molecule has 0 aliphatic heterocycles. The Balaban J connectivity index is 1.79. The van der Waals surface area contributed by atoms with E-state index in [4.69, 9.17) is 0 Å². The van der Waals surface area contributed by atoms with Gasteiger partial charge in [0.2, 0.25) is 5.91 Å². The number of aryl methyl sites for hydroxylation is 2. The molecule has 1 heterocycles. The molecule has 5 heteroatoms. The molecule has 0 bridgehead atoms. The average Bonchev–Trinajstić information content (AvgIpc) is 2.98. The lowest BCUT2D eigenvalue weighted by Crippen LogP contribution is -2.21. The van der Waals surface area contributed by atoms with Crippen LogP contribution in [0.25, 0.3) is 6.08 Å². The molecule has 2 N–H and O–H groups in total. The van der Waals surface area contributed by atoms with E-state index < -0.39 is 0 Å². The van der Waals surface area contributed by atoms with E-state index in [-0.39, 0.29) is 11.8 Å². The van der Waals surface area contributed by atoms with E-state index in [1.54, 1.807) is 13.1 Å². The quantitative estimate of drug-likeness (QED) is 0.817. The third-order valence-electron chi connectivity index (χ3n) is 4.37. The van der Waals surface area contributed by atoms with Gasteiger partial charge in [-0.2, -0.15) is 0 Å². The highest BCUT2D eigenvalue weighted by Crippen LogP contribution is 2.38. The Labute approximate surface area is 152 Å². The molecule has 0 atom stereocenters. The molecule has 1 aliphatic rings. The number of hydrogen-bond donors (Lipinski definition) is 2. The zero-order valence-corrected chi connectivity index (χ0v) is 15.3. The van der Waals surface area contributed by atoms with Crippen molar-refractivity contribution in [3.63, 3.8) is 0 Å². The third-order valence-corrected chi connectivity index (χ3v) is 5.57. The van der Waals surface area contributed by atoms with Crippen LogP contribution in [-0.4, -0.2) is 18.9 Å². The van der Waals surface area contributed by atoms with Crippen LogP contribution in [0.4, 0.5) is 5.00 Å². The highest BCUT2D eigenvalue weighted by Gasteiger charge is 2.25. The second-order valence-corrected chi connectivity index (χ2v) is 7.33. The van der Waals surface area contributed by atoms with E-state index in [1.807, 2.05) is 31.2 Å². The Morgan fingerprint density at radius 3 is 2.56 bits per heavy atom. The van der Waals surface area contributed by atoms with E-state index in [2.05, 4.69) is 10.6 Å². The van der Waals surface area contributed by atoms with Crippen molar-refractivity contribution in [2.75, 3.05) is 12.4 Å². The molecule has 1 aliphatic carbocycles. The van der Waals surface area contributed by atoms with Gasteiger partial charge in [0.05, 0.1) is 5.56 Å². The first-order chi connectivity index (χ1) is 12.1. The highest BCUT2D eigenvalue weighted by molar-refractivity contribution is 7.17. The summed E-state index contributed by atoms with van der Waals surface area (Å²) in [5.41, 5.74) is 3.89. The van der Waals surface area contributed by atoms with E-state index in [1.165, 1.54) is 27.9 Å². The van der Waals surface area contributed by atoms with Crippen molar-refractivity contribution in [3.8, 4) is 0 Å². The molecule has 130 valence electrons. The number of nitrogens with one attached hydrogen (secondary N) is 2. The number of anilines is 1. The van der Waals surface area contributed by atoms with Crippen LogP contribution >= 0.6 is 11.3 Å². The number of fused-ring (bicyclic) bond motifs is 1. The fourth-order valence-electron chi connectivity index (χ4n) is 3.02. The molecule has 0 saturated carbocycles. The molecule has 0 spiro atoms. The maximum Gasteiger partial charge on any atom is 0.254 e. The van der Waals surface area contributed by atoms with Crippen molar-refractivity contribution >= 4 is 34.2 Å². The molecular formula is C20H22N2O2S. The van der Waals surface area contributed by atoms with Gasteiger partial charge >= 0.3 is 0 Å². The largest absolute Gasteiger partial charge is 0.355 e. The zero-order valence-electron chi connectivity index (χ0n) is 14.5. The topological polar surface area (TPSA) is 58.2 Å². The molecule has 4 nitrogen and oxygen atoms in total. The van der Waals surface area contributed by atoms with Crippen LogP contribution < -0.4 is 10.6 Å². The highest BCUT2D eigenvalue weighted by atomic mass is 32.1. The predicted molar refractivity (Wildman–Crippen MR) is 103 cm³/mol. The maximum atomic E-state index is 12.3. The Morgan fingerprint density at radius 1 is 1.12 bits per heavy atom. The van der Waals surface area contributed by atoms with Crippen LogP contribution in [0.1, 0.15) is 44.8 Å². The second kappa shape index (κ2) is 7.66. The van der Waals surface area contributed by atoms with Crippen molar-refractivity contribution in [1.82, 2.24) is 5.32 Å². The SMILES string of the molecule is CNC(=O)c1c(NC(=O)C=Cc2ccc(C)cc2)sc2c1CCCC2. The van der Waals surface area contributed by atoms with Crippen LogP contribution in [0.3, 0.4) is 0 Å². The molecule has 3 rings (SSSR count). The van der Waals surface area contributed by atoms with Gasteiger partial charge < -0.3 is 10.6 Å². The molecule has 0 saturated heterocycles. The monoisotopic (exact) mass is 354 g/mol. The Hall–Kier alpha value is -2.40. The summed E-state index contributed by atoms with van der Waals surface area (Å²) in [6.45, 7) is 2.03. The van der Waals surface area contributed by atoms with E-state index >= 15 is 0 Å². The first kappa shape index (κ1) is 17.4. The molecule has 1 aromatic carbocycles. The van der Waals surface area contributed by atoms with Gasteiger partial charge in [0.15, 0.2) is 0 Å². The Kier molecular flexibility index (Phi) is 5.34. The standard InChI is InChI=1S/C20H22N2O2S/c1-13-7-9-14(10-8-13)11-12-17(23)22-20-18(19(24)21-2)15-5-3-4-6-16(15)25-20/h7-12H,3-6H2,1-2H3,(H,21,24)(H,22,23). The molecule has 2 amide bonds. The summed E-state index contributed by atoms with van der Waals surface area (Å²) in [5.74, 6) is -0.346. The minimum absolute atomic E-state index is 0.128. The molecule has 2 aromatic rings. The summed E-state index contributed by atoms with van der Waals surface area (Å²) < 4.78 is 0. The van der Waals surface area contributed by atoms with Crippen molar-refractivity contribution in [3.05, 3.63) is 57.5 Å². The van der Waals surface area contributed by atoms with Crippen LogP contribution in [0.2, 0.25) is 0 Å². The number of rotatable bonds is 4. The summed E-state index contributed by atoms with van der Waals surface area (Å²) in [7, 11) is 1.62. The molecule has 0 radical (unpaired) electrons. The van der Waals surface area contributed by atoms with Crippen molar-refractivity contribution in [2.45, 2.75) is 32.6 Å². The number of thiophene rings is 1. The summed E-state index contributed by atoms with van der Waals surface area (Å²) in [5, 5.41) is 6.25. The summed E-state index contributed by atoms with van der Waals surface area (Å²) in [4.78, 5) is 25.8. The number of hydrogen-bond acceptors (Lipinski definition) is 3. The second-order valence-electron chi connectivity index (χ2n) is 6.23. The molecular weight excluding hydrogens is 332 g/mol. The number of carbonyl (C=O) groups excluding carboxylic acids is 2. The normalized spacial score (nSPS) is 13.5. The zero-order chi connectivity index (χ0) is 17.8. The van der Waals surface area contributed by atoms with Crippen LogP contribution in [0.5, 0.6) is 0 Å². The Bertz CT molecular complexity index is 819. The molecule has 0 fully saturated rings. The van der Waals surface area contributed by atoms with Crippen molar-refractivity contribution in [1.29, 1.82) is 0 Å². The number of amides is 2. The first-order valence-electron chi connectivity index (χ1n) is 8.51. The lowest BCUT2D eigenvalue weighted by molar-refractivity contribution is -0.111. The average molecular weight is 354 g/mol. The summed E-state index contributed by atoms with van der Waals surface area (Å²) in [6.07, 6.45) is 7.41. The summed E-state index contributed by atoms with van der Waals surface area (Å²) in [6, 6.07) is 7.96. The molecule has 25 heavy (non-hydrogen) atoms. The number of carbonyl (C=O) groups is 2. The predicted octanol–water partition coefficient (Wildman–Crippen LogP) is 3.95. The Morgan fingerprint density at radius 2 is 1.84 bits per heavy atom. The lowest BCUT2D eigenvalue weighted by Gasteiger charge is -2.12. The van der Waals surface area contributed by atoms with E-state index in [0.29, 0.717) is 10.6 Å². The lowest BCUT2D eigenvalue weighted by atomic mass is 9.95. The van der Waals surface area contributed by atoms with Gasteiger partial charge in [0.25, 0.3) is 5.91 Å². The third kappa shape index (κ3) is 3.99. The minimum Gasteiger partial charge on any atom is -0.355 e. The molecule has 0 unspecified atom stereocenters. The van der Waals surface area contributed by atoms with Crippen LogP contribution in [-0.2, 0) is 17.6 Å². The summed E-state index contributed by atoms with van der Waals surface area (Å²) >= 11 is 1.53. The van der Waals surface area contributed by atoms with Gasteiger partial charge in [-0.15, -0.1) is 11.3 Å². The number of benzene rings is 1. The van der Waals surface area contributed by atoms with E-state index in [0.717, 1.165) is 36.8 Å². The first-order valence-corrected chi connectivity index (χ1v) is 9.32.